The summed E-state index contributed by atoms with van der Waals surface area (Å²) in [5.74, 6) is -0.0946. The molecule has 2 fully saturated rings. The van der Waals surface area contributed by atoms with Gasteiger partial charge in [-0.3, -0.25) is 9.69 Å². The third-order valence-electron chi connectivity index (χ3n) is 5.39. The maximum absolute atomic E-state index is 13.3. The van der Waals surface area contributed by atoms with Gasteiger partial charge in [0.25, 0.3) is 0 Å². The van der Waals surface area contributed by atoms with Crippen molar-refractivity contribution in [2.24, 2.45) is 0 Å². The SMILES string of the molecule is CC[C@H]1S[C@@H](c2ccc(F)cc2)N(CCN2CCN(C(=O)NC(C)C)CC2)C1=O. The van der Waals surface area contributed by atoms with Crippen molar-refractivity contribution in [2.45, 2.75) is 43.9 Å². The molecule has 1 aromatic carbocycles. The van der Waals surface area contributed by atoms with Gasteiger partial charge in [-0.1, -0.05) is 19.1 Å². The molecule has 160 valence electrons. The minimum atomic E-state index is -0.263. The summed E-state index contributed by atoms with van der Waals surface area (Å²) in [5.41, 5.74) is 0.968. The summed E-state index contributed by atoms with van der Waals surface area (Å²) in [7, 11) is 0. The van der Waals surface area contributed by atoms with Crippen molar-refractivity contribution in [1.29, 1.82) is 0 Å². The molecule has 0 radical (unpaired) electrons. The van der Waals surface area contributed by atoms with E-state index in [0.29, 0.717) is 19.6 Å². The second-order valence-electron chi connectivity index (χ2n) is 7.90. The molecular formula is C21H31FN4O2S. The lowest BCUT2D eigenvalue weighted by molar-refractivity contribution is -0.130. The number of benzene rings is 1. The Morgan fingerprint density at radius 3 is 2.41 bits per heavy atom. The molecule has 8 heteroatoms. The van der Waals surface area contributed by atoms with Gasteiger partial charge in [0.05, 0.1) is 5.25 Å². The van der Waals surface area contributed by atoms with E-state index in [1.807, 2.05) is 30.6 Å². The molecule has 0 aromatic heterocycles. The fourth-order valence-electron chi connectivity index (χ4n) is 3.73. The lowest BCUT2D eigenvalue weighted by Gasteiger charge is -2.36. The molecule has 2 atom stereocenters. The van der Waals surface area contributed by atoms with Crippen LogP contribution in [0.4, 0.5) is 9.18 Å². The van der Waals surface area contributed by atoms with Crippen molar-refractivity contribution < 1.29 is 14.0 Å². The molecule has 1 N–H and O–H groups in total. The average Bonchev–Trinajstić information content (AvgIpc) is 3.02. The number of amides is 3. The number of hydrogen-bond donors (Lipinski definition) is 1. The monoisotopic (exact) mass is 422 g/mol. The zero-order chi connectivity index (χ0) is 21.0. The predicted octanol–water partition coefficient (Wildman–Crippen LogP) is 2.91. The molecule has 6 nitrogen and oxygen atoms in total. The Balaban J connectivity index is 1.56. The van der Waals surface area contributed by atoms with Gasteiger partial charge in [-0.05, 0) is 38.0 Å². The van der Waals surface area contributed by atoms with Crippen molar-refractivity contribution in [3.05, 3.63) is 35.6 Å². The number of carbonyl (C=O) groups is 2. The zero-order valence-electron chi connectivity index (χ0n) is 17.4. The summed E-state index contributed by atoms with van der Waals surface area (Å²) in [5, 5.41) is 2.83. The van der Waals surface area contributed by atoms with Crippen LogP contribution in [0.25, 0.3) is 0 Å². The van der Waals surface area contributed by atoms with Gasteiger partial charge in [-0.25, -0.2) is 9.18 Å². The molecule has 2 saturated heterocycles. The Hall–Kier alpha value is -1.80. The molecule has 2 heterocycles. The second-order valence-corrected chi connectivity index (χ2v) is 9.19. The number of nitrogens with zero attached hydrogens (tertiary/aromatic N) is 3. The number of hydrogen-bond acceptors (Lipinski definition) is 4. The molecule has 29 heavy (non-hydrogen) atoms. The number of nitrogens with one attached hydrogen (secondary N) is 1. The van der Waals surface area contributed by atoms with Gasteiger partial charge in [-0.15, -0.1) is 11.8 Å². The van der Waals surface area contributed by atoms with E-state index in [1.54, 1.807) is 23.9 Å². The van der Waals surface area contributed by atoms with E-state index in [-0.39, 0.29) is 34.4 Å². The molecule has 0 bridgehead atoms. The van der Waals surface area contributed by atoms with Crippen LogP contribution in [-0.4, -0.2) is 77.2 Å². The maximum atomic E-state index is 13.3. The van der Waals surface area contributed by atoms with Crippen LogP contribution in [0.5, 0.6) is 0 Å². The first-order valence-electron chi connectivity index (χ1n) is 10.4. The average molecular weight is 423 g/mol. The minimum Gasteiger partial charge on any atom is -0.336 e. The molecule has 2 aliphatic heterocycles. The van der Waals surface area contributed by atoms with Crippen LogP contribution in [0.3, 0.4) is 0 Å². The van der Waals surface area contributed by atoms with Gasteiger partial charge >= 0.3 is 6.03 Å². The van der Waals surface area contributed by atoms with E-state index in [0.717, 1.165) is 31.6 Å². The summed E-state index contributed by atoms with van der Waals surface area (Å²) in [6, 6.07) is 6.59. The number of piperazine rings is 1. The molecule has 3 amide bonds. The van der Waals surface area contributed by atoms with Gasteiger partial charge in [0, 0.05) is 45.3 Å². The largest absolute Gasteiger partial charge is 0.336 e. The van der Waals surface area contributed by atoms with Crippen molar-refractivity contribution >= 4 is 23.7 Å². The Morgan fingerprint density at radius 1 is 1.17 bits per heavy atom. The number of halogens is 1. The lowest BCUT2D eigenvalue weighted by atomic mass is 10.2. The molecule has 0 saturated carbocycles. The van der Waals surface area contributed by atoms with Gasteiger partial charge in [-0.2, -0.15) is 0 Å². The van der Waals surface area contributed by atoms with Crippen LogP contribution in [0.2, 0.25) is 0 Å². The summed E-state index contributed by atoms with van der Waals surface area (Å²) in [6.45, 7) is 10.4. The Labute approximate surface area is 176 Å². The summed E-state index contributed by atoms with van der Waals surface area (Å²) < 4.78 is 13.3. The van der Waals surface area contributed by atoms with E-state index < -0.39 is 0 Å². The van der Waals surface area contributed by atoms with Gasteiger partial charge in [0.1, 0.15) is 11.2 Å². The second kappa shape index (κ2) is 9.80. The first-order valence-corrected chi connectivity index (χ1v) is 11.3. The fourth-order valence-corrected chi connectivity index (χ4v) is 5.16. The molecule has 1 aromatic rings. The van der Waals surface area contributed by atoms with E-state index >= 15 is 0 Å². The highest BCUT2D eigenvalue weighted by Gasteiger charge is 2.40. The molecular weight excluding hydrogens is 391 g/mol. The van der Waals surface area contributed by atoms with E-state index in [2.05, 4.69) is 10.2 Å². The molecule has 0 unspecified atom stereocenters. The highest BCUT2D eigenvalue weighted by molar-refractivity contribution is 8.01. The Morgan fingerprint density at radius 2 is 1.83 bits per heavy atom. The molecule has 3 rings (SSSR count). The standard InChI is InChI=1S/C21H31FN4O2S/c1-4-18-19(27)26(20(29-18)16-5-7-17(22)8-6-16)14-11-24-9-12-25(13-10-24)21(28)23-15(2)3/h5-8,15,18,20H,4,9-14H2,1-3H3,(H,23,28)/t18-,20+/m1/s1. The highest BCUT2D eigenvalue weighted by Crippen LogP contribution is 2.43. The number of urea groups is 1. The molecule has 2 aliphatic rings. The summed E-state index contributed by atoms with van der Waals surface area (Å²) >= 11 is 1.66. The van der Waals surface area contributed by atoms with Crippen molar-refractivity contribution in [3.8, 4) is 0 Å². The molecule has 0 aliphatic carbocycles. The molecule has 0 spiro atoms. The predicted molar refractivity (Wildman–Crippen MR) is 114 cm³/mol. The van der Waals surface area contributed by atoms with Crippen molar-refractivity contribution in [2.75, 3.05) is 39.3 Å². The van der Waals surface area contributed by atoms with Crippen LogP contribution in [-0.2, 0) is 4.79 Å². The summed E-state index contributed by atoms with van der Waals surface area (Å²) in [4.78, 5) is 31.1. The number of carbonyl (C=O) groups excluding carboxylic acids is 2. The quantitative estimate of drug-likeness (QED) is 0.766. The topological polar surface area (TPSA) is 55.9 Å². The lowest BCUT2D eigenvalue weighted by Crippen LogP contribution is -2.53. The van der Waals surface area contributed by atoms with E-state index in [4.69, 9.17) is 0 Å². The van der Waals surface area contributed by atoms with Crippen LogP contribution in [0, 0.1) is 5.82 Å². The Bertz CT molecular complexity index is 707. The van der Waals surface area contributed by atoms with Gasteiger partial charge in [0.2, 0.25) is 5.91 Å². The minimum absolute atomic E-state index is 0.00654. The Kier molecular flexibility index (Phi) is 7.40. The maximum Gasteiger partial charge on any atom is 0.317 e. The van der Waals surface area contributed by atoms with E-state index in [9.17, 15) is 14.0 Å². The zero-order valence-corrected chi connectivity index (χ0v) is 18.3. The third-order valence-corrected chi connectivity index (χ3v) is 7.04. The normalized spacial score (nSPS) is 23.1. The van der Waals surface area contributed by atoms with Crippen molar-refractivity contribution in [3.63, 3.8) is 0 Å². The van der Waals surface area contributed by atoms with Crippen LogP contribution >= 0.6 is 11.8 Å². The highest BCUT2D eigenvalue weighted by atomic mass is 32.2. The van der Waals surface area contributed by atoms with Crippen molar-refractivity contribution in [1.82, 2.24) is 20.0 Å². The van der Waals surface area contributed by atoms with Gasteiger partial charge < -0.3 is 15.1 Å². The van der Waals surface area contributed by atoms with Crippen LogP contribution < -0.4 is 5.32 Å². The first-order chi connectivity index (χ1) is 13.9. The number of thioether (sulfide) groups is 1. The van der Waals surface area contributed by atoms with Gasteiger partial charge in [0.15, 0.2) is 0 Å². The summed E-state index contributed by atoms with van der Waals surface area (Å²) in [6.07, 6.45) is 0.793. The van der Waals surface area contributed by atoms with E-state index in [1.165, 1.54) is 12.1 Å². The van der Waals surface area contributed by atoms with Crippen LogP contribution in [0.1, 0.15) is 38.1 Å². The smallest absolute Gasteiger partial charge is 0.317 e. The third kappa shape index (κ3) is 5.42. The first kappa shape index (κ1) is 21.9. The number of rotatable bonds is 6. The fraction of sp³-hybridized carbons (Fsp3) is 0.619. The van der Waals surface area contributed by atoms with Crippen LogP contribution in [0.15, 0.2) is 24.3 Å².